The summed E-state index contributed by atoms with van der Waals surface area (Å²) in [5.74, 6) is 0.670. The van der Waals surface area contributed by atoms with Gasteiger partial charge in [-0.2, -0.15) is 0 Å². The molecule has 0 aliphatic heterocycles. The van der Waals surface area contributed by atoms with Crippen LogP contribution in [0.25, 0.3) is 0 Å². The number of aliphatic hydroxyl groups is 1. The largest absolute Gasteiger partial charge is 0.493 e. The molecule has 0 bridgehead atoms. The Morgan fingerprint density at radius 2 is 2.10 bits per heavy atom. The van der Waals surface area contributed by atoms with Crippen LogP contribution in [-0.4, -0.2) is 29.3 Å². The van der Waals surface area contributed by atoms with Gasteiger partial charge in [0.2, 0.25) is 0 Å². The zero-order valence-electron chi connectivity index (χ0n) is 12.1. The number of anilines is 1. The molecule has 0 spiro atoms. The number of rotatable bonds is 8. The number of hydrogen-bond acceptors (Lipinski definition) is 5. The molecule has 0 aliphatic rings. The normalized spacial score (nSPS) is 12.2. The van der Waals surface area contributed by atoms with Crippen molar-refractivity contribution in [3.8, 4) is 5.75 Å². The molecule has 1 unspecified atom stereocenters. The lowest BCUT2D eigenvalue weighted by Gasteiger charge is -2.21. The lowest BCUT2D eigenvalue weighted by atomic mass is 10.1. The van der Waals surface area contributed by atoms with E-state index in [4.69, 9.17) is 4.74 Å². The third-order valence-electron chi connectivity index (χ3n) is 2.93. The highest BCUT2D eigenvalue weighted by Crippen LogP contribution is 2.27. The minimum absolute atomic E-state index is 0.0263. The fourth-order valence-electron chi connectivity index (χ4n) is 1.71. The van der Waals surface area contributed by atoms with Gasteiger partial charge in [0.15, 0.2) is 0 Å². The molecule has 6 nitrogen and oxygen atoms in total. The van der Waals surface area contributed by atoms with Crippen molar-refractivity contribution in [3.05, 3.63) is 28.3 Å². The van der Waals surface area contributed by atoms with Crippen LogP contribution in [0.15, 0.2) is 18.2 Å². The topological polar surface area (TPSA) is 84.6 Å². The zero-order valence-corrected chi connectivity index (χ0v) is 12.1. The van der Waals surface area contributed by atoms with Gasteiger partial charge in [-0.1, -0.05) is 20.8 Å². The summed E-state index contributed by atoms with van der Waals surface area (Å²) in [6.07, 6.45) is 0.830. The molecule has 6 heteroatoms. The van der Waals surface area contributed by atoms with Crippen molar-refractivity contribution in [2.24, 2.45) is 5.92 Å². The van der Waals surface area contributed by atoms with E-state index in [9.17, 15) is 15.2 Å². The number of nitro benzene ring substituents is 1. The first kappa shape index (κ1) is 16.2. The Labute approximate surface area is 118 Å². The minimum atomic E-state index is -0.451. The second kappa shape index (κ2) is 7.69. The Hall–Kier alpha value is -1.82. The summed E-state index contributed by atoms with van der Waals surface area (Å²) < 4.78 is 5.46. The van der Waals surface area contributed by atoms with E-state index in [1.54, 1.807) is 6.07 Å². The van der Waals surface area contributed by atoms with Gasteiger partial charge in [-0.05, 0) is 12.3 Å². The predicted molar refractivity (Wildman–Crippen MR) is 78.2 cm³/mol. The van der Waals surface area contributed by atoms with E-state index in [-0.39, 0.29) is 24.3 Å². The standard InChI is InChI=1S/C14H22N2O4/c1-4-5-20-13-7-11(6-12(8-13)16(18)19)15-14(9-17)10(2)3/h6-8,10,14-15,17H,4-5,9H2,1-3H3. The molecule has 0 saturated carbocycles. The number of ether oxygens (including phenoxy) is 1. The number of non-ortho nitro benzene ring substituents is 1. The van der Waals surface area contributed by atoms with Crippen molar-refractivity contribution >= 4 is 11.4 Å². The molecule has 1 aromatic rings. The molecule has 2 N–H and O–H groups in total. The predicted octanol–water partition coefficient (Wildman–Crippen LogP) is 2.81. The zero-order chi connectivity index (χ0) is 15.1. The van der Waals surface area contributed by atoms with E-state index in [2.05, 4.69) is 5.32 Å². The Balaban J connectivity index is 2.98. The quantitative estimate of drug-likeness (QED) is 0.565. The lowest BCUT2D eigenvalue weighted by Crippen LogP contribution is -2.29. The first-order valence-corrected chi connectivity index (χ1v) is 6.77. The summed E-state index contributed by atoms with van der Waals surface area (Å²) in [7, 11) is 0. The maximum absolute atomic E-state index is 10.9. The Kier molecular flexibility index (Phi) is 6.24. The molecule has 0 aliphatic carbocycles. The molecule has 1 atom stereocenters. The summed E-state index contributed by atoms with van der Waals surface area (Å²) in [4.78, 5) is 10.5. The molecular formula is C14H22N2O4. The monoisotopic (exact) mass is 282 g/mol. The Morgan fingerprint density at radius 3 is 2.60 bits per heavy atom. The van der Waals surface area contributed by atoms with E-state index in [0.29, 0.717) is 18.0 Å². The van der Waals surface area contributed by atoms with Gasteiger partial charge in [0.05, 0.1) is 30.2 Å². The van der Waals surface area contributed by atoms with Crippen molar-refractivity contribution in [2.45, 2.75) is 33.2 Å². The third-order valence-corrected chi connectivity index (χ3v) is 2.93. The van der Waals surface area contributed by atoms with E-state index in [1.165, 1.54) is 12.1 Å². The van der Waals surface area contributed by atoms with Gasteiger partial charge in [0.25, 0.3) is 5.69 Å². The number of nitrogens with zero attached hydrogens (tertiary/aromatic N) is 1. The Morgan fingerprint density at radius 1 is 1.40 bits per heavy atom. The molecular weight excluding hydrogens is 260 g/mol. The maximum Gasteiger partial charge on any atom is 0.275 e. The van der Waals surface area contributed by atoms with Gasteiger partial charge in [0, 0.05) is 17.8 Å². The second-order valence-corrected chi connectivity index (χ2v) is 5.00. The van der Waals surface area contributed by atoms with Crippen LogP contribution in [0.1, 0.15) is 27.2 Å². The van der Waals surface area contributed by atoms with Crippen LogP contribution in [0.5, 0.6) is 5.75 Å². The molecule has 20 heavy (non-hydrogen) atoms. The van der Waals surface area contributed by atoms with E-state index in [1.807, 2.05) is 20.8 Å². The van der Waals surface area contributed by atoms with Crippen LogP contribution in [0, 0.1) is 16.0 Å². The van der Waals surface area contributed by atoms with Crippen LogP contribution in [0.2, 0.25) is 0 Å². The average molecular weight is 282 g/mol. The molecule has 1 aromatic carbocycles. The first-order valence-electron chi connectivity index (χ1n) is 6.77. The highest BCUT2D eigenvalue weighted by atomic mass is 16.6. The summed E-state index contributed by atoms with van der Waals surface area (Å²) in [5, 5.41) is 23.4. The van der Waals surface area contributed by atoms with Crippen LogP contribution < -0.4 is 10.1 Å². The van der Waals surface area contributed by atoms with Crippen LogP contribution in [0.4, 0.5) is 11.4 Å². The highest BCUT2D eigenvalue weighted by Gasteiger charge is 2.15. The first-order chi connectivity index (χ1) is 9.47. The summed E-state index contributed by atoms with van der Waals surface area (Å²) >= 11 is 0. The highest BCUT2D eigenvalue weighted by molar-refractivity contribution is 5.56. The molecule has 0 saturated heterocycles. The SMILES string of the molecule is CCCOc1cc(NC(CO)C(C)C)cc([N+](=O)[O-])c1. The minimum Gasteiger partial charge on any atom is -0.493 e. The summed E-state index contributed by atoms with van der Waals surface area (Å²) in [6, 6.07) is 4.41. The van der Waals surface area contributed by atoms with Crippen molar-refractivity contribution in [1.29, 1.82) is 0 Å². The van der Waals surface area contributed by atoms with Crippen LogP contribution in [0.3, 0.4) is 0 Å². The van der Waals surface area contributed by atoms with Crippen molar-refractivity contribution in [1.82, 2.24) is 0 Å². The van der Waals surface area contributed by atoms with Crippen molar-refractivity contribution < 1.29 is 14.8 Å². The van der Waals surface area contributed by atoms with Crippen LogP contribution >= 0.6 is 0 Å². The molecule has 112 valence electrons. The number of nitro groups is 1. The molecule has 0 heterocycles. The fourth-order valence-corrected chi connectivity index (χ4v) is 1.71. The van der Waals surface area contributed by atoms with Gasteiger partial charge < -0.3 is 15.2 Å². The van der Waals surface area contributed by atoms with Gasteiger partial charge in [0.1, 0.15) is 5.75 Å². The van der Waals surface area contributed by atoms with Gasteiger partial charge in [-0.3, -0.25) is 10.1 Å². The Bertz CT molecular complexity index is 449. The second-order valence-electron chi connectivity index (χ2n) is 5.00. The van der Waals surface area contributed by atoms with Crippen molar-refractivity contribution in [3.63, 3.8) is 0 Å². The van der Waals surface area contributed by atoms with E-state index >= 15 is 0 Å². The summed E-state index contributed by atoms with van der Waals surface area (Å²) in [6.45, 7) is 6.39. The lowest BCUT2D eigenvalue weighted by molar-refractivity contribution is -0.384. The smallest absolute Gasteiger partial charge is 0.275 e. The number of benzene rings is 1. The van der Waals surface area contributed by atoms with Crippen LogP contribution in [-0.2, 0) is 0 Å². The molecule has 0 fully saturated rings. The fraction of sp³-hybridized carbons (Fsp3) is 0.571. The van der Waals surface area contributed by atoms with Gasteiger partial charge >= 0.3 is 0 Å². The molecule has 0 amide bonds. The van der Waals surface area contributed by atoms with E-state index in [0.717, 1.165) is 6.42 Å². The molecule has 0 radical (unpaired) electrons. The van der Waals surface area contributed by atoms with E-state index < -0.39 is 4.92 Å². The number of hydrogen-bond donors (Lipinski definition) is 2. The van der Waals surface area contributed by atoms with Gasteiger partial charge in [-0.15, -0.1) is 0 Å². The number of nitrogens with one attached hydrogen (secondary N) is 1. The maximum atomic E-state index is 10.9. The third kappa shape index (κ3) is 4.70. The van der Waals surface area contributed by atoms with Crippen molar-refractivity contribution in [2.75, 3.05) is 18.5 Å². The molecule has 1 rings (SSSR count). The van der Waals surface area contributed by atoms with Gasteiger partial charge in [-0.25, -0.2) is 0 Å². The summed E-state index contributed by atoms with van der Waals surface area (Å²) in [5.41, 5.74) is 0.555. The molecule has 0 aromatic heterocycles. The average Bonchev–Trinajstić information content (AvgIpc) is 2.41. The number of aliphatic hydroxyl groups excluding tert-OH is 1.